The molecule has 6 aromatic carbocycles. The van der Waals surface area contributed by atoms with Crippen LogP contribution in [0.2, 0.25) is 0 Å². The molecule has 20 rings (SSSR count). The van der Waals surface area contributed by atoms with Crippen LogP contribution in [0.5, 0.6) is 46.0 Å². The summed E-state index contributed by atoms with van der Waals surface area (Å²) in [6.07, 6.45) is 11.6. The van der Waals surface area contributed by atoms with Gasteiger partial charge in [-0.05, 0) is 232 Å². The number of nitrogens with zero attached hydrogens (tertiary/aromatic N) is 11. The van der Waals surface area contributed by atoms with Gasteiger partial charge < -0.3 is 69.3 Å². The van der Waals surface area contributed by atoms with Crippen molar-refractivity contribution in [1.82, 2.24) is 68.0 Å². The molecule has 0 bridgehead atoms. The number of rotatable bonds is 17. The maximum Gasteiger partial charge on any atom is 0.415 e. The molecule has 1 amide bonds. The molecule has 2 atom stereocenters. The Hall–Kier alpha value is -13.9. The van der Waals surface area contributed by atoms with E-state index in [1.807, 2.05) is 102 Å². The minimum Gasteiger partial charge on any atom is -0.508 e. The highest BCUT2D eigenvalue weighted by Crippen LogP contribution is 2.47. The van der Waals surface area contributed by atoms with Crippen LogP contribution in [-0.2, 0) is 59.8 Å². The normalized spacial score (nSPS) is 17.1. The number of ketones is 2. The Balaban J connectivity index is 0.000000146. The van der Waals surface area contributed by atoms with E-state index in [1.54, 1.807) is 76.4 Å². The molecule has 8 aromatic heterocycles. The number of amides is 1. The van der Waals surface area contributed by atoms with Gasteiger partial charge >= 0.3 is 17.5 Å². The average molecular weight is 1730 g/mol. The number of hydrogen-bond acceptors (Lipinski definition) is 22. The quantitative estimate of drug-likeness (QED) is 0.0405. The number of aromatic hydroxyl groups is 5. The summed E-state index contributed by atoms with van der Waals surface area (Å²) in [6, 6.07) is 35.4. The van der Waals surface area contributed by atoms with Gasteiger partial charge in [0.25, 0.3) is 11.1 Å². The van der Waals surface area contributed by atoms with Crippen LogP contribution in [0.1, 0.15) is 163 Å². The molecule has 0 aliphatic carbocycles. The van der Waals surface area contributed by atoms with E-state index in [0.717, 1.165) is 118 Å². The van der Waals surface area contributed by atoms with E-state index in [0.29, 0.717) is 112 Å². The van der Waals surface area contributed by atoms with Crippen LogP contribution in [0, 0.1) is 11.8 Å². The second-order valence-electron chi connectivity index (χ2n) is 34.7. The van der Waals surface area contributed by atoms with Crippen LogP contribution in [0.3, 0.4) is 0 Å². The van der Waals surface area contributed by atoms with Crippen LogP contribution in [-0.4, -0.2) is 155 Å². The van der Waals surface area contributed by atoms with Crippen LogP contribution >= 0.6 is 0 Å². The first-order valence-corrected chi connectivity index (χ1v) is 43.9. The van der Waals surface area contributed by atoms with Crippen LogP contribution in [0.25, 0.3) is 101 Å². The van der Waals surface area contributed by atoms with E-state index in [4.69, 9.17) is 24.2 Å². The topological polar surface area (TPSA) is 417 Å². The smallest absolute Gasteiger partial charge is 0.415 e. The fourth-order valence-electron chi connectivity index (χ4n) is 19.4. The number of carbonyl (C=O) groups is 3. The SMILES string of the molecule is CC(C)c1cc(-c2n[nH]c(=O)n2-c2ccc3c(ccn3CCC3CCNCC3)c2)c(O)cc1O.CCc1c2c(nc3ccc(O)cc13)-c1cc3c(c(=O)n1C2)OCC(=O)C3(O)CC.CCc1c2c(nc3ccc(OC(=O)N4CCC(CCn5ccc6cc(-n7c(-c8cc(C(C)C)c(O)cc8O)n[nH]c7=O)ccc65)CC4)cc13)-c1cc3c(c(=O)n1C2)OCC(=O)C3(O)CC. The van der Waals surface area contributed by atoms with Gasteiger partial charge in [-0.1, -0.05) is 55.4 Å². The van der Waals surface area contributed by atoms with Gasteiger partial charge in [0, 0.05) is 106 Å². The number of pyridine rings is 4. The summed E-state index contributed by atoms with van der Waals surface area (Å²) in [5.74, 6) is 1.07. The molecular formula is C97H100N14O17. The highest BCUT2D eigenvalue weighted by atomic mass is 16.6. The lowest BCUT2D eigenvalue weighted by atomic mass is 9.85. The molecule has 2 fully saturated rings. The molecule has 31 heteroatoms. The number of aromatic nitrogens is 12. The third-order valence-electron chi connectivity index (χ3n) is 26.7. The predicted molar refractivity (Wildman–Crippen MR) is 481 cm³/mol. The number of aromatic amines is 2. The molecule has 0 saturated carbocycles. The van der Waals surface area contributed by atoms with E-state index < -0.39 is 45.8 Å². The second-order valence-corrected chi connectivity index (χ2v) is 34.7. The number of piperidine rings is 2. The fraction of sp³-hybridized carbons (Fsp3) is 0.351. The molecule has 2 unspecified atom stereocenters. The Labute approximate surface area is 732 Å². The lowest BCUT2D eigenvalue weighted by Crippen LogP contribution is -2.45. The number of aliphatic hydroxyl groups is 2. The third kappa shape index (κ3) is 14.8. The van der Waals surface area contributed by atoms with Gasteiger partial charge in [0.15, 0.2) is 47.6 Å². The van der Waals surface area contributed by atoms with Crippen LogP contribution < -0.4 is 42.0 Å². The van der Waals surface area contributed by atoms with Crippen molar-refractivity contribution in [2.45, 2.75) is 169 Å². The van der Waals surface area contributed by atoms with Gasteiger partial charge in [-0.2, -0.15) is 10.2 Å². The van der Waals surface area contributed by atoms with Gasteiger partial charge in [-0.3, -0.25) is 28.3 Å². The van der Waals surface area contributed by atoms with E-state index in [-0.39, 0.29) is 107 Å². The van der Waals surface area contributed by atoms with Crippen molar-refractivity contribution in [3.05, 3.63) is 220 Å². The second kappa shape index (κ2) is 33.5. The summed E-state index contributed by atoms with van der Waals surface area (Å²) in [6.45, 7) is 20.2. The van der Waals surface area contributed by atoms with Gasteiger partial charge in [0.05, 0.1) is 69.4 Å². The number of ether oxygens (including phenoxy) is 3. The Kier molecular flexibility index (Phi) is 22.2. The Morgan fingerprint density at radius 1 is 0.531 bits per heavy atom. The van der Waals surface area contributed by atoms with Gasteiger partial charge in [-0.15, -0.1) is 0 Å². The molecule has 10 N–H and O–H groups in total. The van der Waals surface area contributed by atoms with Crippen molar-refractivity contribution in [2.24, 2.45) is 11.8 Å². The van der Waals surface area contributed by atoms with E-state index >= 15 is 0 Å². The van der Waals surface area contributed by atoms with Gasteiger partial charge in [0.2, 0.25) is 11.6 Å². The molecular weight excluding hydrogens is 1630 g/mol. The zero-order valence-corrected chi connectivity index (χ0v) is 72.3. The molecule has 14 heterocycles. The summed E-state index contributed by atoms with van der Waals surface area (Å²) in [5, 5.41) is 94.6. The molecule has 2 saturated heterocycles. The van der Waals surface area contributed by atoms with Crippen molar-refractivity contribution in [2.75, 3.05) is 39.4 Å². The molecule has 128 heavy (non-hydrogen) atoms. The van der Waals surface area contributed by atoms with E-state index in [9.17, 15) is 69.3 Å². The molecule has 0 spiro atoms. The molecule has 0 radical (unpaired) electrons. The number of Topliss-reactive ketones (excluding diaryl/α,β-unsaturated/α-hetero) is 2. The van der Waals surface area contributed by atoms with Gasteiger partial charge in [-0.25, -0.2) is 43.7 Å². The minimum absolute atomic E-state index is 0.00504. The van der Waals surface area contributed by atoms with E-state index in [2.05, 4.69) is 47.1 Å². The Morgan fingerprint density at radius 2 is 0.984 bits per heavy atom. The summed E-state index contributed by atoms with van der Waals surface area (Å²) < 4.78 is 27.5. The maximum atomic E-state index is 13.7. The lowest BCUT2D eigenvalue weighted by Gasteiger charge is -2.32. The van der Waals surface area contributed by atoms with Crippen LogP contribution in [0.4, 0.5) is 4.79 Å². The average Bonchev–Trinajstić information content (AvgIpc) is 1.62. The maximum absolute atomic E-state index is 13.7. The fourth-order valence-corrected chi connectivity index (χ4v) is 19.4. The van der Waals surface area contributed by atoms with Crippen molar-refractivity contribution >= 4 is 61.3 Å². The predicted octanol–water partition coefficient (Wildman–Crippen LogP) is 13.2. The summed E-state index contributed by atoms with van der Waals surface area (Å²) in [4.78, 5) is 103. The molecule has 6 aliphatic rings. The third-order valence-corrected chi connectivity index (χ3v) is 26.7. The minimum atomic E-state index is -1.81. The van der Waals surface area contributed by atoms with Crippen molar-refractivity contribution in [3.8, 4) is 103 Å². The largest absolute Gasteiger partial charge is 0.508 e. The first-order valence-electron chi connectivity index (χ1n) is 43.9. The number of benzene rings is 6. The number of aryl methyl sites for hydroxylation is 4. The number of phenols is 5. The molecule has 6 aliphatic heterocycles. The number of H-pyrrole nitrogens is 2. The summed E-state index contributed by atoms with van der Waals surface area (Å²) in [7, 11) is 0. The Morgan fingerprint density at radius 3 is 1.44 bits per heavy atom. The van der Waals surface area contributed by atoms with Crippen molar-refractivity contribution < 1.29 is 64.3 Å². The number of nitrogens with one attached hydrogen (secondary N) is 3. The van der Waals surface area contributed by atoms with Crippen molar-refractivity contribution in [3.63, 3.8) is 0 Å². The number of likely N-dealkylation sites (tertiary alicyclic amines) is 1. The highest BCUT2D eigenvalue weighted by Gasteiger charge is 2.47. The van der Waals surface area contributed by atoms with E-state index in [1.165, 1.54) is 34.1 Å². The lowest BCUT2D eigenvalue weighted by molar-refractivity contribution is -0.144. The van der Waals surface area contributed by atoms with Crippen LogP contribution in [0.15, 0.2) is 153 Å². The summed E-state index contributed by atoms with van der Waals surface area (Å²) >= 11 is 0. The first-order chi connectivity index (χ1) is 61.6. The van der Waals surface area contributed by atoms with Gasteiger partial charge in [0.1, 0.15) is 34.5 Å². The summed E-state index contributed by atoms with van der Waals surface area (Å²) in [5.41, 5.74) is 8.16. The van der Waals surface area contributed by atoms with Crippen molar-refractivity contribution in [1.29, 1.82) is 0 Å². The Bertz CT molecular complexity index is 7130. The highest BCUT2D eigenvalue weighted by molar-refractivity contribution is 5.96. The molecule has 14 aromatic rings. The number of phenolic OH excluding ortho intramolecular Hbond substituents is 5. The molecule has 31 nitrogen and oxygen atoms in total. The zero-order valence-electron chi connectivity index (χ0n) is 72.3. The standard InChI is InChI=1S/C49H49N7O9.C26H31N5O3.C22H20N2O5/c1-5-31-33-20-30(8-9-37(33)50-43-35(31)24-55-39(43)22-36-44(46(55)60)64-25-42(59)49(36,63)6-2)65-48(62)54-16-12-27(13-17-54)11-15-53-18-14-28-19-29(7-10-38(28)53)56-45(51-52-47(56)61)34-21-32(26(3)4)40(57)23-41(34)58;1-16(2)20-14-21(24(33)15-23(20)32)25-28-29-26(34)31(25)19-3-4-22-18(13-19)8-12-30(22)11-7-17-5-9-27-10-6-17;1-3-12-13-7-11(25)5-6-16(13)23-19-14(12)9-24-17(19)8-15-20(21(24)27)29-10-18(26)22(15,28)4-2/h7-10,14,18-23,26-27,57-58,63H,5-6,11-13,15-17,24-25H2,1-4H3,(H,52,61);3-4,8,12-17,27,32-33H,5-7,9-11H2,1-2H3,(H,29,34);5-8,25,28H,3-4,9-10H2,1-2H3. The number of carbonyl (C=O) groups excluding carboxylic acids is 3. The molecule has 660 valence electrons. The monoisotopic (exact) mass is 1730 g/mol. The number of fused-ring (bicyclic) bond motifs is 12. The zero-order chi connectivity index (χ0) is 89.8. The number of hydrogen-bond donors (Lipinski definition) is 10. The first kappa shape index (κ1) is 84.9.